The van der Waals surface area contributed by atoms with Crippen molar-refractivity contribution in [2.24, 2.45) is 11.7 Å². The Kier molecular flexibility index (Phi) is 4.49. The number of nitrogens with one attached hydrogen (secondary N) is 1. The molecule has 1 aromatic heterocycles. The van der Waals surface area contributed by atoms with Gasteiger partial charge in [-0.05, 0) is 32.9 Å². The Morgan fingerprint density at radius 1 is 1.63 bits per heavy atom. The fraction of sp³-hybridized carbons (Fsp3) is 0.750. The van der Waals surface area contributed by atoms with E-state index in [0.717, 1.165) is 0 Å². The fourth-order valence-electron chi connectivity index (χ4n) is 2.18. The third-order valence-corrected chi connectivity index (χ3v) is 3.43. The SMILES string of the molecule is CN(C)C(CNC(=O)c1cn(CCN)nn1)C1CC1. The highest BCUT2D eigenvalue weighted by molar-refractivity contribution is 5.91. The lowest BCUT2D eigenvalue weighted by molar-refractivity contribution is 0.0934. The maximum atomic E-state index is 12.0. The van der Waals surface area contributed by atoms with E-state index >= 15 is 0 Å². The van der Waals surface area contributed by atoms with Gasteiger partial charge < -0.3 is 16.0 Å². The Labute approximate surface area is 113 Å². The second-order valence-electron chi connectivity index (χ2n) is 5.23. The number of nitrogens with zero attached hydrogens (tertiary/aromatic N) is 4. The Balaban J connectivity index is 1.85. The molecule has 1 atom stereocenters. The monoisotopic (exact) mass is 266 g/mol. The summed E-state index contributed by atoms with van der Waals surface area (Å²) in [6.07, 6.45) is 4.14. The summed E-state index contributed by atoms with van der Waals surface area (Å²) in [4.78, 5) is 14.1. The van der Waals surface area contributed by atoms with Crippen molar-refractivity contribution in [1.82, 2.24) is 25.2 Å². The molecule has 0 bridgehead atoms. The number of amides is 1. The van der Waals surface area contributed by atoms with E-state index in [1.165, 1.54) is 12.8 Å². The quantitative estimate of drug-likeness (QED) is 0.681. The Morgan fingerprint density at radius 3 is 2.95 bits per heavy atom. The number of hydrogen-bond acceptors (Lipinski definition) is 5. The second-order valence-corrected chi connectivity index (χ2v) is 5.23. The molecule has 1 saturated carbocycles. The van der Waals surface area contributed by atoms with Crippen LogP contribution in [-0.2, 0) is 6.54 Å². The third-order valence-electron chi connectivity index (χ3n) is 3.43. The van der Waals surface area contributed by atoms with E-state index in [9.17, 15) is 4.79 Å². The minimum absolute atomic E-state index is 0.171. The first-order valence-corrected chi connectivity index (χ1v) is 6.66. The predicted molar refractivity (Wildman–Crippen MR) is 71.6 cm³/mol. The molecule has 1 unspecified atom stereocenters. The van der Waals surface area contributed by atoms with Crippen LogP contribution in [0, 0.1) is 5.92 Å². The third kappa shape index (κ3) is 3.74. The summed E-state index contributed by atoms with van der Waals surface area (Å²) in [6, 6.07) is 0.406. The molecule has 2 rings (SSSR count). The molecule has 0 spiro atoms. The van der Waals surface area contributed by atoms with Crippen LogP contribution in [-0.4, -0.2) is 59.0 Å². The number of aromatic nitrogens is 3. The van der Waals surface area contributed by atoms with Crippen LogP contribution in [0.15, 0.2) is 6.20 Å². The molecular formula is C12H22N6O. The molecule has 0 aliphatic heterocycles. The number of likely N-dealkylation sites (N-methyl/N-ethyl adjacent to an activating group) is 1. The lowest BCUT2D eigenvalue weighted by Crippen LogP contribution is -2.41. The van der Waals surface area contributed by atoms with E-state index in [-0.39, 0.29) is 5.91 Å². The Hall–Kier alpha value is -1.47. The van der Waals surface area contributed by atoms with E-state index < -0.39 is 0 Å². The summed E-state index contributed by atoms with van der Waals surface area (Å²) in [5.41, 5.74) is 5.77. The van der Waals surface area contributed by atoms with Crippen molar-refractivity contribution in [3.63, 3.8) is 0 Å². The van der Waals surface area contributed by atoms with Crippen LogP contribution >= 0.6 is 0 Å². The van der Waals surface area contributed by atoms with Gasteiger partial charge in [-0.25, -0.2) is 0 Å². The van der Waals surface area contributed by atoms with Gasteiger partial charge in [0, 0.05) is 19.1 Å². The topological polar surface area (TPSA) is 89.1 Å². The average Bonchev–Trinajstić information content (AvgIpc) is 3.08. The average molecular weight is 266 g/mol. The van der Waals surface area contributed by atoms with Crippen LogP contribution in [0.4, 0.5) is 0 Å². The lowest BCUT2D eigenvalue weighted by atomic mass is 10.1. The molecule has 1 amide bonds. The van der Waals surface area contributed by atoms with Crippen LogP contribution < -0.4 is 11.1 Å². The van der Waals surface area contributed by atoms with Gasteiger partial charge in [-0.3, -0.25) is 9.48 Å². The van der Waals surface area contributed by atoms with Crippen molar-refractivity contribution in [3.05, 3.63) is 11.9 Å². The van der Waals surface area contributed by atoms with Gasteiger partial charge in [0.15, 0.2) is 5.69 Å². The van der Waals surface area contributed by atoms with Crippen LogP contribution in [0.1, 0.15) is 23.3 Å². The molecular weight excluding hydrogens is 244 g/mol. The smallest absolute Gasteiger partial charge is 0.273 e. The van der Waals surface area contributed by atoms with Crippen molar-refractivity contribution in [1.29, 1.82) is 0 Å². The predicted octanol–water partition coefficient (Wildman–Crippen LogP) is -0.693. The second kappa shape index (κ2) is 6.12. The number of nitrogens with two attached hydrogens (primary N) is 1. The first-order chi connectivity index (χ1) is 9.11. The largest absolute Gasteiger partial charge is 0.349 e. The number of carbonyl (C=O) groups excluding carboxylic acids is 1. The first kappa shape index (κ1) is 14.0. The maximum absolute atomic E-state index is 12.0. The molecule has 1 aromatic rings. The van der Waals surface area contributed by atoms with Crippen molar-refractivity contribution in [2.45, 2.75) is 25.4 Å². The minimum atomic E-state index is -0.171. The summed E-state index contributed by atoms with van der Waals surface area (Å²) >= 11 is 0. The zero-order valence-electron chi connectivity index (χ0n) is 11.5. The van der Waals surface area contributed by atoms with E-state index in [1.54, 1.807) is 10.9 Å². The van der Waals surface area contributed by atoms with Crippen LogP contribution in [0.3, 0.4) is 0 Å². The minimum Gasteiger partial charge on any atom is -0.349 e. The van der Waals surface area contributed by atoms with Gasteiger partial charge in [0.2, 0.25) is 0 Å². The van der Waals surface area contributed by atoms with Gasteiger partial charge in [-0.15, -0.1) is 5.10 Å². The zero-order chi connectivity index (χ0) is 13.8. The summed E-state index contributed by atoms with van der Waals surface area (Å²) < 4.78 is 1.58. The number of rotatable bonds is 7. The van der Waals surface area contributed by atoms with Gasteiger partial charge in [0.25, 0.3) is 5.91 Å². The van der Waals surface area contributed by atoms with Crippen LogP contribution in [0.5, 0.6) is 0 Å². The van der Waals surface area contributed by atoms with Gasteiger partial charge in [-0.1, -0.05) is 5.21 Å². The molecule has 1 heterocycles. The molecule has 0 saturated heterocycles. The van der Waals surface area contributed by atoms with Crippen molar-refractivity contribution in [3.8, 4) is 0 Å². The molecule has 7 heteroatoms. The molecule has 19 heavy (non-hydrogen) atoms. The van der Waals surface area contributed by atoms with Gasteiger partial charge in [0.05, 0.1) is 12.7 Å². The lowest BCUT2D eigenvalue weighted by Gasteiger charge is -2.24. The van der Waals surface area contributed by atoms with Crippen molar-refractivity contribution in [2.75, 3.05) is 27.2 Å². The molecule has 106 valence electrons. The number of hydrogen-bond donors (Lipinski definition) is 2. The van der Waals surface area contributed by atoms with Crippen molar-refractivity contribution >= 4 is 5.91 Å². The molecule has 3 N–H and O–H groups in total. The van der Waals surface area contributed by atoms with Crippen molar-refractivity contribution < 1.29 is 4.79 Å². The van der Waals surface area contributed by atoms with Gasteiger partial charge in [-0.2, -0.15) is 0 Å². The molecule has 0 radical (unpaired) electrons. The molecule has 7 nitrogen and oxygen atoms in total. The Bertz CT molecular complexity index is 424. The molecule has 1 aliphatic rings. The Morgan fingerprint density at radius 2 is 2.37 bits per heavy atom. The standard InChI is InChI=1S/C12H22N6O/c1-17(2)11(9-3-4-9)7-14-12(19)10-8-18(6-5-13)16-15-10/h8-9,11H,3-7,13H2,1-2H3,(H,14,19). The maximum Gasteiger partial charge on any atom is 0.273 e. The highest BCUT2D eigenvalue weighted by Gasteiger charge is 2.32. The van der Waals surface area contributed by atoms with Gasteiger partial charge in [0.1, 0.15) is 0 Å². The van der Waals surface area contributed by atoms with E-state index in [2.05, 4.69) is 20.5 Å². The normalized spacial score (nSPS) is 16.6. The fourth-order valence-corrected chi connectivity index (χ4v) is 2.18. The summed E-state index contributed by atoms with van der Waals surface area (Å²) in [5.74, 6) is 0.541. The summed E-state index contributed by atoms with van der Waals surface area (Å²) in [7, 11) is 4.10. The van der Waals surface area contributed by atoms with E-state index in [4.69, 9.17) is 5.73 Å². The molecule has 1 aliphatic carbocycles. The molecule has 0 aromatic carbocycles. The van der Waals surface area contributed by atoms with E-state index in [0.29, 0.717) is 37.3 Å². The van der Waals surface area contributed by atoms with E-state index in [1.807, 2.05) is 14.1 Å². The summed E-state index contributed by atoms with van der Waals surface area (Å²) in [5, 5.41) is 10.6. The van der Waals surface area contributed by atoms with Crippen LogP contribution in [0.2, 0.25) is 0 Å². The highest BCUT2D eigenvalue weighted by Crippen LogP contribution is 2.34. The highest BCUT2D eigenvalue weighted by atomic mass is 16.2. The zero-order valence-corrected chi connectivity index (χ0v) is 11.5. The first-order valence-electron chi connectivity index (χ1n) is 6.66. The van der Waals surface area contributed by atoms with Crippen LogP contribution in [0.25, 0.3) is 0 Å². The van der Waals surface area contributed by atoms with Gasteiger partial charge >= 0.3 is 0 Å². The molecule has 1 fully saturated rings. The summed E-state index contributed by atoms with van der Waals surface area (Å²) in [6.45, 7) is 1.71. The number of carbonyl (C=O) groups is 1.